The summed E-state index contributed by atoms with van der Waals surface area (Å²) in [6, 6.07) is 14.5. The van der Waals surface area contributed by atoms with Gasteiger partial charge in [-0.2, -0.15) is 0 Å². The molecule has 0 aliphatic rings. The summed E-state index contributed by atoms with van der Waals surface area (Å²) in [4.78, 5) is 14.9. The Morgan fingerprint density at radius 2 is 1.75 bits per heavy atom. The van der Waals surface area contributed by atoms with Crippen molar-refractivity contribution < 1.29 is 9.66 Å². The third-order valence-electron chi connectivity index (χ3n) is 3.76. The summed E-state index contributed by atoms with van der Waals surface area (Å²) in [5, 5.41) is 17.3. The Hall–Kier alpha value is -1.72. The van der Waals surface area contributed by atoms with Gasteiger partial charge >= 0.3 is 0 Å². The molecule has 2 aromatic carbocycles. The number of hydrogen-bond donors (Lipinski definition) is 2. The first kappa shape index (κ1) is 24.3. The highest BCUT2D eigenvalue weighted by atomic mass is 127. The molecule has 2 aromatic rings. The fraction of sp³-hybridized carbons (Fsp3) is 0.316. The number of methoxy groups -OCH3 is 1. The average Bonchev–Trinajstić information content (AvgIpc) is 2.68. The van der Waals surface area contributed by atoms with E-state index in [4.69, 9.17) is 4.74 Å². The van der Waals surface area contributed by atoms with E-state index in [2.05, 4.69) is 31.6 Å². The van der Waals surface area contributed by atoms with Gasteiger partial charge < -0.3 is 15.4 Å². The largest absolute Gasteiger partial charge is 0.385 e. The van der Waals surface area contributed by atoms with Gasteiger partial charge in [-0.3, -0.25) is 10.1 Å². The topological polar surface area (TPSA) is 88.8 Å². The van der Waals surface area contributed by atoms with Crippen LogP contribution in [-0.2, 0) is 17.8 Å². The van der Waals surface area contributed by atoms with Crippen LogP contribution < -0.4 is 10.6 Å². The van der Waals surface area contributed by atoms with Gasteiger partial charge in [-0.05, 0) is 29.7 Å². The van der Waals surface area contributed by atoms with E-state index in [1.54, 1.807) is 19.2 Å². The van der Waals surface area contributed by atoms with Crippen molar-refractivity contribution in [2.45, 2.75) is 19.5 Å². The zero-order valence-electron chi connectivity index (χ0n) is 15.6. The number of non-ortho nitro benzene ring substituents is 1. The van der Waals surface area contributed by atoms with Crippen LogP contribution in [0.1, 0.15) is 17.5 Å². The van der Waals surface area contributed by atoms with Gasteiger partial charge in [0, 0.05) is 43.4 Å². The molecule has 0 bridgehead atoms. The molecule has 0 aliphatic carbocycles. The molecule has 0 saturated heterocycles. The molecule has 9 heteroatoms. The maximum absolute atomic E-state index is 10.7. The van der Waals surface area contributed by atoms with Crippen molar-refractivity contribution in [1.82, 2.24) is 10.6 Å². The second-order valence-electron chi connectivity index (χ2n) is 5.84. The van der Waals surface area contributed by atoms with Gasteiger partial charge in [0.25, 0.3) is 5.69 Å². The molecule has 152 valence electrons. The van der Waals surface area contributed by atoms with Crippen LogP contribution in [0.3, 0.4) is 0 Å². The van der Waals surface area contributed by atoms with Gasteiger partial charge in [0.15, 0.2) is 5.96 Å². The van der Waals surface area contributed by atoms with Gasteiger partial charge in [-0.25, -0.2) is 4.99 Å². The fourth-order valence-corrected chi connectivity index (χ4v) is 2.54. The number of guanidine groups is 1. The van der Waals surface area contributed by atoms with E-state index < -0.39 is 4.92 Å². The molecule has 2 N–H and O–H groups in total. The monoisotopic (exact) mass is 562 g/mol. The first-order valence-electron chi connectivity index (χ1n) is 8.57. The highest BCUT2D eigenvalue weighted by molar-refractivity contribution is 14.0. The molecule has 0 spiro atoms. The molecule has 0 aliphatic heterocycles. The number of halogens is 2. The van der Waals surface area contributed by atoms with Crippen LogP contribution in [0.5, 0.6) is 0 Å². The summed E-state index contributed by atoms with van der Waals surface area (Å²) in [7, 11) is 1.68. The highest BCUT2D eigenvalue weighted by Crippen LogP contribution is 2.12. The lowest BCUT2D eigenvalue weighted by Crippen LogP contribution is -2.37. The van der Waals surface area contributed by atoms with Crippen LogP contribution in [0.4, 0.5) is 5.69 Å². The van der Waals surface area contributed by atoms with Crippen LogP contribution in [-0.4, -0.2) is 31.1 Å². The Morgan fingerprint density at radius 1 is 1.11 bits per heavy atom. The third-order valence-corrected chi connectivity index (χ3v) is 4.29. The molecular weight excluding hydrogens is 539 g/mol. The predicted molar refractivity (Wildman–Crippen MR) is 125 cm³/mol. The molecule has 0 atom stereocenters. The Balaban J connectivity index is 0.00000392. The summed E-state index contributed by atoms with van der Waals surface area (Å²) in [6.45, 7) is 2.48. The minimum absolute atomic E-state index is 0. The molecule has 0 unspecified atom stereocenters. The summed E-state index contributed by atoms with van der Waals surface area (Å²) in [6.07, 6.45) is 0.868. The van der Waals surface area contributed by atoms with Crippen molar-refractivity contribution in [3.05, 3.63) is 74.2 Å². The van der Waals surface area contributed by atoms with Crippen LogP contribution in [0, 0.1) is 10.1 Å². The van der Waals surface area contributed by atoms with Gasteiger partial charge in [0.1, 0.15) is 0 Å². The highest BCUT2D eigenvalue weighted by Gasteiger charge is 2.05. The smallest absolute Gasteiger partial charge is 0.269 e. The van der Waals surface area contributed by atoms with Crippen molar-refractivity contribution >= 4 is 51.6 Å². The predicted octanol–water partition coefficient (Wildman–Crippen LogP) is 4.25. The van der Waals surface area contributed by atoms with E-state index in [1.165, 1.54) is 12.1 Å². The molecule has 0 saturated carbocycles. The van der Waals surface area contributed by atoms with E-state index in [-0.39, 0.29) is 29.7 Å². The number of benzene rings is 2. The van der Waals surface area contributed by atoms with Crippen molar-refractivity contribution in [1.29, 1.82) is 0 Å². The van der Waals surface area contributed by atoms with Crippen molar-refractivity contribution in [3.63, 3.8) is 0 Å². The number of hydrogen-bond acceptors (Lipinski definition) is 4. The lowest BCUT2D eigenvalue weighted by atomic mass is 10.2. The van der Waals surface area contributed by atoms with Crippen LogP contribution in [0.25, 0.3) is 0 Å². The second kappa shape index (κ2) is 13.5. The molecule has 0 heterocycles. The Kier molecular flexibility index (Phi) is 11.7. The zero-order chi connectivity index (χ0) is 19.5. The zero-order valence-corrected chi connectivity index (χ0v) is 19.5. The minimum atomic E-state index is -0.403. The maximum atomic E-state index is 10.7. The van der Waals surface area contributed by atoms with Crippen LogP contribution in [0.15, 0.2) is 58.0 Å². The van der Waals surface area contributed by atoms with E-state index in [9.17, 15) is 10.1 Å². The lowest BCUT2D eigenvalue weighted by Gasteiger charge is -2.13. The van der Waals surface area contributed by atoms with Crippen molar-refractivity contribution in [3.8, 4) is 0 Å². The van der Waals surface area contributed by atoms with Gasteiger partial charge in [-0.1, -0.05) is 40.2 Å². The van der Waals surface area contributed by atoms with E-state index >= 15 is 0 Å². The number of nitrogens with one attached hydrogen (secondary N) is 2. The van der Waals surface area contributed by atoms with E-state index in [1.807, 2.05) is 24.3 Å². The number of nitro benzene ring substituents is 1. The van der Waals surface area contributed by atoms with Crippen molar-refractivity contribution in [2.75, 3.05) is 20.3 Å². The Labute approximate surface area is 190 Å². The normalized spacial score (nSPS) is 10.9. The molecule has 7 nitrogen and oxygen atoms in total. The van der Waals surface area contributed by atoms with Crippen LogP contribution in [0.2, 0.25) is 0 Å². The molecule has 0 amide bonds. The number of rotatable bonds is 9. The lowest BCUT2D eigenvalue weighted by molar-refractivity contribution is -0.384. The second-order valence-corrected chi connectivity index (χ2v) is 6.76. The molecular formula is C19H24BrIN4O3. The van der Waals surface area contributed by atoms with Crippen molar-refractivity contribution in [2.24, 2.45) is 4.99 Å². The third kappa shape index (κ3) is 8.98. The number of nitro groups is 1. The van der Waals surface area contributed by atoms with Gasteiger partial charge in [-0.15, -0.1) is 24.0 Å². The van der Waals surface area contributed by atoms with Gasteiger partial charge in [0.05, 0.1) is 11.5 Å². The first-order valence-corrected chi connectivity index (χ1v) is 9.36. The van der Waals surface area contributed by atoms with E-state index in [0.717, 1.165) is 28.6 Å². The standard InChI is InChI=1S/C19H23BrN4O3.HI/c1-27-12-2-11-21-19(22-13-15-3-7-17(20)8-4-15)23-14-16-5-9-18(10-6-16)24(25)26;/h3-10H,2,11-14H2,1H3,(H2,21,22,23);1H. The first-order chi connectivity index (χ1) is 13.1. The SMILES string of the molecule is COCCCNC(=NCc1ccc(Br)cc1)NCc1ccc([N+](=O)[O-])cc1.I. The quantitative estimate of drug-likeness (QED) is 0.119. The molecule has 0 radical (unpaired) electrons. The van der Waals surface area contributed by atoms with E-state index in [0.29, 0.717) is 25.7 Å². The van der Waals surface area contributed by atoms with Crippen LogP contribution >= 0.6 is 39.9 Å². The summed E-state index contributed by atoms with van der Waals surface area (Å²) < 4.78 is 6.10. The number of aliphatic imine (C=N–C) groups is 1. The maximum Gasteiger partial charge on any atom is 0.269 e. The Morgan fingerprint density at radius 3 is 2.36 bits per heavy atom. The molecule has 0 aromatic heterocycles. The summed E-state index contributed by atoms with van der Waals surface area (Å²) in [5.74, 6) is 0.687. The average molecular weight is 563 g/mol. The fourth-order valence-electron chi connectivity index (χ4n) is 2.28. The molecule has 28 heavy (non-hydrogen) atoms. The number of ether oxygens (including phenoxy) is 1. The minimum Gasteiger partial charge on any atom is -0.385 e. The summed E-state index contributed by atoms with van der Waals surface area (Å²) in [5.41, 5.74) is 2.13. The van der Waals surface area contributed by atoms with Gasteiger partial charge in [0.2, 0.25) is 0 Å². The molecule has 2 rings (SSSR count). The Bertz CT molecular complexity index is 755. The molecule has 0 fully saturated rings. The number of nitrogens with zero attached hydrogens (tertiary/aromatic N) is 2. The summed E-state index contributed by atoms with van der Waals surface area (Å²) >= 11 is 3.42.